The van der Waals surface area contributed by atoms with E-state index < -0.39 is 12.1 Å². The van der Waals surface area contributed by atoms with Gasteiger partial charge >= 0.3 is 5.97 Å². The molecule has 1 saturated carbocycles. The zero-order valence-electron chi connectivity index (χ0n) is 12.1. The van der Waals surface area contributed by atoms with Gasteiger partial charge in [-0.3, -0.25) is 4.79 Å². The number of aryl methyl sites for hydroxylation is 1. The fourth-order valence-corrected chi connectivity index (χ4v) is 4.29. The molecule has 2 N–H and O–H groups in total. The summed E-state index contributed by atoms with van der Waals surface area (Å²) < 4.78 is 0. The van der Waals surface area contributed by atoms with Crippen LogP contribution in [0.2, 0.25) is 0 Å². The van der Waals surface area contributed by atoms with Crippen molar-refractivity contribution < 1.29 is 15.0 Å². The third kappa shape index (κ3) is 3.83. The summed E-state index contributed by atoms with van der Waals surface area (Å²) >= 11 is 1.65. The van der Waals surface area contributed by atoms with E-state index in [1.165, 1.54) is 11.3 Å². The highest BCUT2D eigenvalue weighted by molar-refractivity contribution is 7.12. The van der Waals surface area contributed by atoms with E-state index in [9.17, 15) is 15.0 Å². The van der Waals surface area contributed by atoms with E-state index in [-0.39, 0.29) is 11.8 Å². The number of aliphatic hydroxyl groups is 1. The summed E-state index contributed by atoms with van der Waals surface area (Å²) in [6, 6.07) is 4.05. The van der Waals surface area contributed by atoms with Gasteiger partial charge < -0.3 is 10.2 Å². The van der Waals surface area contributed by atoms with Crippen molar-refractivity contribution in [3.63, 3.8) is 0 Å². The molecule has 1 aliphatic carbocycles. The first-order chi connectivity index (χ1) is 9.54. The highest BCUT2D eigenvalue weighted by Gasteiger charge is 2.36. The van der Waals surface area contributed by atoms with Crippen LogP contribution < -0.4 is 0 Å². The first kappa shape index (κ1) is 15.5. The summed E-state index contributed by atoms with van der Waals surface area (Å²) in [7, 11) is 0. The van der Waals surface area contributed by atoms with Crippen LogP contribution >= 0.6 is 11.3 Å². The van der Waals surface area contributed by atoms with Gasteiger partial charge in [-0.25, -0.2) is 0 Å². The maximum atomic E-state index is 11.2. The van der Waals surface area contributed by atoms with Gasteiger partial charge in [0.25, 0.3) is 0 Å². The highest BCUT2D eigenvalue weighted by Crippen LogP contribution is 2.46. The Balaban J connectivity index is 2.08. The molecule has 0 amide bonds. The summed E-state index contributed by atoms with van der Waals surface area (Å²) in [4.78, 5) is 13.4. The molecule has 112 valence electrons. The largest absolute Gasteiger partial charge is 0.481 e. The normalized spacial score (nSPS) is 19.7. The molecule has 0 radical (unpaired) electrons. The number of aliphatic hydroxyl groups excluding tert-OH is 1. The molecule has 0 spiro atoms. The quantitative estimate of drug-likeness (QED) is 0.828. The SMILES string of the molecule is CCc1ccc(C(O)CC2(CC(=O)O)CCCCC2)s1. The van der Waals surface area contributed by atoms with Crippen LogP contribution in [0.15, 0.2) is 12.1 Å². The van der Waals surface area contributed by atoms with Crippen LogP contribution in [0.3, 0.4) is 0 Å². The Labute approximate surface area is 124 Å². The van der Waals surface area contributed by atoms with Crippen molar-refractivity contribution >= 4 is 17.3 Å². The zero-order valence-corrected chi connectivity index (χ0v) is 12.9. The fourth-order valence-electron chi connectivity index (χ4n) is 3.35. The Morgan fingerprint density at radius 3 is 2.60 bits per heavy atom. The van der Waals surface area contributed by atoms with Crippen LogP contribution in [0.25, 0.3) is 0 Å². The maximum absolute atomic E-state index is 11.2. The van der Waals surface area contributed by atoms with E-state index >= 15 is 0 Å². The Morgan fingerprint density at radius 2 is 2.05 bits per heavy atom. The number of rotatable bonds is 6. The molecule has 0 aliphatic heterocycles. The molecular weight excluding hydrogens is 272 g/mol. The molecule has 2 rings (SSSR count). The summed E-state index contributed by atoms with van der Waals surface area (Å²) in [5.41, 5.74) is -0.208. The van der Waals surface area contributed by atoms with E-state index in [4.69, 9.17) is 0 Å². The number of thiophene rings is 1. The van der Waals surface area contributed by atoms with Gasteiger partial charge in [0.2, 0.25) is 0 Å². The minimum Gasteiger partial charge on any atom is -0.481 e. The predicted octanol–water partition coefficient (Wildman–Crippen LogP) is 4.16. The molecule has 0 aromatic carbocycles. The van der Waals surface area contributed by atoms with Crippen LogP contribution in [-0.2, 0) is 11.2 Å². The van der Waals surface area contributed by atoms with Gasteiger partial charge in [0, 0.05) is 9.75 Å². The molecule has 0 saturated heterocycles. The molecule has 4 heteroatoms. The third-order valence-electron chi connectivity index (χ3n) is 4.43. The lowest BCUT2D eigenvalue weighted by atomic mass is 9.68. The van der Waals surface area contributed by atoms with Crippen molar-refractivity contribution in [2.75, 3.05) is 0 Å². The van der Waals surface area contributed by atoms with Gasteiger partial charge in [-0.05, 0) is 43.2 Å². The lowest BCUT2D eigenvalue weighted by Crippen LogP contribution is -2.29. The first-order valence-corrected chi connectivity index (χ1v) is 8.35. The number of carboxylic acids is 1. The van der Waals surface area contributed by atoms with E-state index in [0.717, 1.165) is 37.0 Å². The van der Waals surface area contributed by atoms with Crippen LogP contribution in [-0.4, -0.2) is 16.2 Å². The van der Waals surface area contributed by atoms with Crippen LogP contribution in [0.5, 0.6) is 0 Å². The third-order valence-corrected chi connectivity index (χ3v) is 5.76. The molecule has 1 aliphatic rings. The second-order valence-electron chi connectivity index (χ2n) is 6.01. The van der Waals surface area contributed by atoms with E-state index in [2.05, 4.69) is 13.0 Å². The Morgan fingerprint density at radius 1 is 1.35 bits per heavy atom. The average molecular weight is 296 g/mol. The zero-order chi connectivity index (χ0) is 14.6. The second kappa shape index (κ2) is 6.72. The van der Waals surface area contributed by atoms with Crippen molar-refractivity contribution in [2.24, 2.45) is 5.41 Å². The van der Waals surface area contributed by atoms with Gasteiger partial charge in [-0.1, -0.05) is 26.2 Å². The molecule has 3 nitrogen and oxygen atoms in total. The molecule has 1 atom stereocenters. The van der Waals surface area contributed by atoms with Crippen molar-refractivity contribution in [3.8, 4) is 0 Å². The van der Waals surface area contributed by atoms with Crippen molar-refractivity contribution in [1.29, 1.82) is 0 Å². The Bertz CT molecular complexity index is 446. The molecule has 1 aromatic heterocycles. The van der Waals surface area contributed by atoms with E-state index in [1.807, 2.05) is 6.07 Å². The monoisotopic (exact) mass is 296 g/mol. The standard InChI is InChI=1S/C16H24O3S/c1-2-12-6-7-14(20-12)13(17)10-16(11-15(18)19)8-4-3-5-9-16/h6-7,13,17H,2-5,8-11H2,1H3,(H,18,19). The van der Waals surface area contributed by atoms with Gasteiger partial charge in [-0.15, -0.1) is 11.3 Å². The number of aliphatic carboxylic acids is 1. The number of hydrogen-bond donors (Lipinski definition) is 2. The number of hydrogen-bond acceptors (Lipinski definition) is 3. The van der Waals surface area contributed by atoms with Crippen molar-refractivity contribution in [3.05, 3.63) is 21.9 Å². The van der Waals surface area contributed by atoms with Gasteiger partial charge in [0.1, 0.15) is 0 Å². The van der Waals surface area contributed by atoms with Gasteiger partial charge in [0.15, 0.2) is 0 Å². The molecule has 1 unspecified atom stereocenters. The second-order valence-corrected chi connectivity index (χ2v) is 7.21. The topological polar surface area (TPSA) is 57.5 Å². The Kier molecular flexibility index (Phi) is 5.22. The summed E-state index contributed by atoms with van der Waals surface area (Å²) in [6.07, 6.45) is 6.48. The van der Waals surface area contributed by atoms with Crippen molar-refractivity contribution in [1.82, 2.24) is 0 Å². The molecule has 1 fully saturated rings. The van der Waals surface area contributed by atoms with Gasteiger partial charge in [0.05, 0.1) is 12.5 Å². The highest BCUT2D eigenvalue weighted by atomic mass is 32.1. The minimum atomic E-state index is -0.737. The van der Waals surface area contributed by atoms with E-state index in [0.29, 0.717) is 6.42 Å². The number of carbonyl (C=O) groups is 1. The molecular formula is C16H24O3S. The smallest absolute Gasteiger partial charge is 0.303 e. The minimum absolute atomic E-state index is 0.191. The molecule has 20 heavy (non-hydrogen) atoms. The van der Waals surface area contributed by atoms with Crippen LogP contribution in [0, 0.1) is 5.41 Å². The molecule has 0 bridgehead atoms. The summed E-state index contributed by atoms with van der Waals surface area (Å²) in [6.45, 7) is 2.11. The Hall–Kier alpha value is -0.870. The maximum Gasteiger partial charge on any atom is 0.303 e. The average Bonchev–Trinajstić information content (AvgIpc) is 2.87. The first-order valence-electron chi connectivity index (χ1n) is 7.53. The van der Waals surface area contributed by atoms with Crippen molar-refractivity contribution in [2.45, 2.75) is 64.4 Å². The summed E-state index contributed by atoms with van der Waals surface area (Å²) in [5, 5.41) is 19.7. The number of carboxylic acid groups (broad SMARTS) is 1. The summed E-state index contributed by atoms with van der Waals surface area (Å²) in [5.74, 6) is -0.737. The van der Waals surface area contributed by atoms with Gasteiger partial charge in [-0.2, -0.15) is 0 Å². The van der Waals surface area contributed by atoms with Crippen LogP contribution in [0.4, 0.5) is 0 Å². The fraction of sp³-hybridized carbons (Fsp3) is 0.688. The molecule has 1 aromatic rings. The predicted molar refractivity (Wildman–Crippen MR) is 81.0 cm³/mol. The molecule has 1 heterocycles. The van der Waals surface area contributed by atoms with Crippen LogP contribution in [0.1, 0.15) is 67.7 Å². The lowest BCUT2D eigenvalue weighted by molar-refractivity contribution is -0.141. The van der Waals surface area contributed by atoms with E-state index in [1.54, 1.807) is 11.3 Å². The lowest BCUT2D eigenvalue weighted by Gasteiger charge is -2.37.